The molecule has 0 saturated heterocycles. The summed E-state index contributed by atoms with van der Waals surface area (Å²) in [4.78, 5) is 11.4. The molecule has 0 fully saturated rings. The van der Waals surface area contributed by atoms with Gasteiger partial charge in [-0.15, -0.1) is 0 Å². The highest BCUT2D eigenvalue weighted by molar-refractivity contribution is 6.19. The van der Waals surface area contributed by atoms with Gasteiger partial charge in [-0.05, 0) is 19.8 Å². The van der Waals surface area contributed by atoms with Gasteiger partial charge in [-0.2, -0.15) is 0 Å². The van der Waals surface area contributed by atoms with E-state index in [4.69, 9.17) is 16.3 Å². The van der Waals surface area contributed by atoms with Crippen LogP contribution in [0.3, 0.4) is 0 Å². The number of hydrogen-bond acceptors (Lipinski definition) is 2. The quantitative estimate of drug-likeness (QED) is 0.492. The number of ether oxygens (including phenoxy) is 1. The molecule has 1 unspecified atom stereocenters. The molecule has 0 N–H and O–H groups in total. The molecule has 0 bridgehead atoms. The van der Waals surface area contributed by atoms with Crippen LogP contribution < -0.4 is 0 Å². The average molecular weight is 207 g/mol. The summed E-state index contributed by atoms with van der Waals surface area (Å²) in [5, 5.41) is 0. The fourth-order valence-electron chi connectivity index (χ4n) is 1.33. The molecule has 2 nitrogen and oxygen atoms in total. The van der Waals surface area contributed by atoms with Gasteiger partial charge < -0.3 is 4.74 Å². The van der Waals surface area contributed by atoms with Crippen LogP contribution in [0.4, 0.5) is 0 Å². The van der Waals surface area contributed by atoms with E-state index in [0.29, 0.717) is 0 Å². The second kappa shape index (κ2) is 7.19. The second-order valence-corrected chi connectivity index (χ2v) is 3.87. The van der Waals surface area contributed by atoms with E-state index in [1.54, 1.807) is 6.92 Å². The Morgan fingerprint density at radius 1 is 1.31 bits per heavy atom. The highest BCUT2D eigenvalue weighted by Gasteiger charge is 2.19. The lowest BCUT2D eigenvalue weighted by Gasteiger charge is -2.15. The zero-order valence-corrected chi connectivity index (χ0v) is 9.43. The first kappa shape index (κ1) is 12.8. The van der Waals surface area contributed by atoms with Gasteiger partial charge in [-0.1, -0.05) is 38.3 Å². The van der Waals surface area contributed by atoms with E-state index in [-0.39, 0.29) is 11.9 Å². The van der Waals surface area contributed by atoms with Gasteiger partial charge in [-0.25, -0.2) is 0 Å². The van der Waals surface area contributed by atoms with Crippen molar-refractivity contribution in [1.29, 1.82) is 0 Å². The Labute approximate surface area is 85.6 Å². The smallest absolute Gasteiger partial charge is 0.310 e. The Morgan fingerprint density at radius 2 is 1.77 bits per heavy atom. The third-order valence-electron chi connectivity index (χ3n) is 1.89. The van der Waals surface area contributed by atoms with Crippen LogP contribution >= 0.6 is 11.6 Å². The molecule has 0 saturated carbocycles. The summed E-state index contributed by atoms with van der Waals surface area (Å²) in [5.74, 6) is -0.109. The zero-order chi connectivity index (χ0) is 10.3. The maximum Gasteiger partial charge on any atom is 0.310 e. The number of halogens is 1. The van der Waals surface area contributed by atoms with Gasteiger partial charge in [0.2, 0.25) is 0 Å². The summed E-state index contributed by atoms with van der Waals surface area (Å²) in [7, 11) is 0. The Bertz CT molecular complexity index is 140. The van der Waals surface area contributed by atoms with Crippen molar-refractivity contribution in [2.45, 2.75) is 52.0 Å². The number of carbonyl (C=O) groups excluding carboxylic acids is 1. The van der Waals surface area contributed by atoms with Crippen LogP contribution in [0, 0.1) is 5.92 Å². The third-order valence-corrected chi connectivity index (χ3v) is 1.98. The summed E-state index contributed by atoms with van der Waals surface area (Å²) in [6.07, 6.45) is 3.82. The number of carbonyl (C=O) groups is 1. The number of esters is 1. The lowest BCUT2D eigenvalue weighted by molar-refractivity contribution is -0.150. The molecule has 0 radical (unpaired) electrons. The van der Waals surface area contributed by atoms with Crippen LogP contribution in [-0.2, 0) is 9.53 Å². The summed E-state index contributed by atoms with van der Waals surface area (Å²) >= 11 is 5.57. The molecule has 78 valence electrons. The van der Waals surface area contributed by atoms with Gasteiger partial charge in [0.05, 0.1) is 5.92 Å². The molecule has 0 rings (SSSR count). The monoisotopic (exact) mass is 206 g/mol. The largest absolute Gasteiger partial charge is 0.446 e. The Kier molecular flexibility index (Phi) is 7.06. The molecule has 3 heteroatoms. The molecule has 0 aromatic heterocycles. The van der Waals surface area contributed by atoms with E-state index in [9.17, 15) is 4.79 Å². The van der Waals surface area contributed by atoms with Crippen molar-refractivity contribution in [1.82, 2.24) is 0 Å². The number of rotatable bonds is 6. The molecule has 0 heterocycles. The van der Waals surface area contributed by atoms with Crippen LogP contribution in [0.1, 0.15) is 46.5 Å². The fourth-order valence-corrected chi connectivity index (χ4v) is 1.42. The highest BCUT2D eigenvalue weighted by atomic mass is 35.5. The second-order valence-electron chi connectivity index (χ2n) is 3.25. The summed E-state index contributed by atoms with van der Waals surface area (Å²) in [6.45, 7) is 5.80. The average Bonchev–Trinajstić information content (AvgIpc) is 2.02. The van der Waals surface area contributed by atoms with Crippen molar-refractivity contribution >= 4 is 17.6 Å². The number of alkyl halides is 1. The first-order chi connectivity index (χ1) is 6.11. The Morgan fingerprint density at radius 3 is 2.08 bits per heavy atom. The Balaban J connectivity index is 3.95. The molecule has 0 amide bonds. The molecule has 0 spiro atoms. The van der Waals surface area contributed by atoms with E-state index in [2.05, 4.69) is 13.8 Å². The van der Waals surface area contributed by atoms with Crippen LogP contribution in [0.25, 0.3) is 0 Å². The van der Waals surface area contributed by atoms with Crippen molar-refractivity contribution in [3.63, 3.8) is 0 Å². The van der Waals surface area contributed by atoms with Crippen molar-refractivity contribution < 1.29 is 9.53 Å². The molecule has 0 aliphatic rings. The van der Waals surface area contributed by atoms with Crippen LogP contribution in [0.5, 0.6) is 0 Å². The minimum atomic E-state index is -0.510. The minimum Gasteiger partial charge on any atom is -0.446 e. The molecule has 0 aliphatic heterocycles. The van der Waals surface area contributed by atoms with E-state index in [1.807, 2.05) is 0 Å². The fraction of sp³-hybridized carbons (Fsp3) is 0.900. The van der Waals surface area contributed by atoms with Crippen LogP contribution in [0.15, 0.2) is 0 Å². The highest BCUT2D eigenvalue weighted by Crippen LogP contribution is 2.16. The van der Waals surface area contributed by atoms with Gasteiger partial charge in [0.1, 0.15) is 0 Å². The van der Waals surface area contributed by atoms with Crippen molar-refractivity contribution in [3.05, 3.63) is 0 Å². The molecule has 0 aromatic rings. The standard InChI is InChI=1S/C10H19ClO2/c1-4-6-9(7-5-2)10(12)13-8(3)11/h8-9H,4-7H2,1-3H3. The normalized spacial score (nSPS) is 13.0. The molecular weight excluding hydrogens is 188 g/mol. The summed E-state index contributed by atoms with van der Waals surface area (Å²) in [6, 6.07) is 0. The topological polar surface area (TPSA) is 26.3 Å². The van der Waals surface area contributed by atoms with Crippen molar-refractivity contribution in [2.75, 3.05) is 0 Å². The molecule has 1 atom stereocenters. The van der Waals surface area contributed by atoms with Crippen LogP contribution in [-0.4, -0.2) is 11.5 Å². The van der Waals surface area contributed by atoms with Gasteiger partial charge in [0.25, 0.3) is 0 Å². The van der Waals surface area contributed by atoms with Gasteiger partial charge in [0.15, 0.2) is 5.56 Å². The predicted molar refractivity (Wildman–Crippen MR) is 54.7 cm³/mol. The lowest BCUT2D eigenvalue weighted by Crippen LogP contribution is -2.20. The van der Waals surface area contributed by atoms with Crippen molar-refractivity contribution in [2.24, 2.45) is 5.92 Å². The summed E-state index contributed by atoms with van der Waals surface area (Å²) in [5.41, 5.74) is -0.510. The van der Waals surface area contributed by atoms with Gasteiger partial charge in [0, 0.05) is 0 Å². The first-order valence-electron chi connectivity index (χ1n) is 4.96. The maximum absolute atomic E-state index is 11.4. The van der Waals surface area contributed by atoms with Crippen molar-refractivity contribution in [3.8, 4) is 0 Å². The number of hydrogen-bond donors (Lipinski definition) is 0. The molecular formula is C10H19ClO2. The van der Waals surface area contributed by atoms with Gasteiger partial charge in [-0.3, -0.25) is 4.79 Å². The van der Waals surface area contributed by atoms with E-state index in [1.165, 1.54) is 0 Å². The SMILES string of the molecule is CCCC(CCC)C(=O)OC(C)Cl. The molecule has 0 aromatic carbocycles. The van der Waals surface area contributed by atoms with Gasteiger partial charge >= 0.3 is 5.97 Å². The Hall–Kier alpha value is -0.240. The first-order valence-corrected chi connectivity index (χ1v) is 5.40. The zero-order valence-electron chi connectivity index (χ0n) is 8.68. The lowest BCUT2D eigenvalue weighted by atomic mass is 9.99. The van der Waals surface area contributed by atoms with E-state index in [0.717, 1.165) is 25.7 Å². The third kappa shape index (κ3) is 5.92. The van der Waals surface area contributed by atoms with Crippen LogP contribution in [0.2, 0.25) is 0 Å². The predicted octanol–water partition coefficient (Wildman–Crippen LogP) is 3.33. The molecule has 13 heavy (non-hydrogen) atoms. The summed E-state index contributed by atoms with van der Waals surface area (Å²) < 4.78 is 4.94. The maximum atomic E-state index is 11.4. The van der Waals surface area contributed by atoms with E-state index < -0.39 is 5.56 Å². The molecule has 0 aliphatic carbocycles. The van der Waals surface area contributed by atoms with E-state index >= 15 is 0 Å². The minimum absolute atomic E-state index is 0.0381.